The summed E-state index contributed by atoms with van der Waals surface area (Å²) in [6.07, 6.45) is 11.9. The molecular formula is C19H40O4. The van der Waals surface area contributed by atoms with Crippen LogP contribution in [0.3, 0.4) is 0 Å². The number of aliphatic hydroxyl groups is 1. The lowest BCUT2D eigenvalue weighted by atomic mass is 9.95. The molecule has 0 aliphatic carbocycles. The zero-order chi connectivity index (χ0) is 17.0. The zero-order valence-electron chi connectivity index (χ0n) is 15.6. The Morgan fingerprint density at radius 3 is 1.78 bits per heavy atom. The molecule has 0 saturated carbocycles. The molecule has 0 heterocycles. The van der Waals surface area contributed by atoms with Gasteiger partial charge in [-0.1, -0.05) is 58.8 Å². The number of unbranched alkanes of at least 4 members (excludes halogenated alkanes) is 5. The van der Waals surface area contributed by atoms with E-state index in [4.69, 9.17) is 19.3 Å². The number of rotatable bonds is 19. The number of ether oxygens (including phenoxy) is 3. The zero-order valence-corrected chi connectivity index (χ0v) is 15.6. The first-order chi connectivity index (χ1) is 11.3. The first-order valence-electron chi connectivity index (χ1n) is 9.69. The monoisotopic (exact) mass is 332 g/mol. The predicted molar refractivity (Wildman–Crippen MR) is 95.9 cm³/mol. The molecule has 4 nitrogen and oxygen atoms in total. The van der Waals surface area contributed by atoms with Crippen molar-refractivity contribution in [2.45, 2.75) is 71.6 Å². The molecular weight excluding hydrogens is 292 g/mol. The SMILES string of the molecule is CCCCCCC(CCCCC)COCCOCCOCCO. The van der Waals surface area contributed by atoms with E-state index in [2.05, 4.69) is 13.8 Å². The van der Waals surface area contributed by atoms with Crippen molar-refractivity contribution in [2.75, 3.05) is 46.2 Å². The van der Waals surface area contributed by atoms with Crippen LogP contribution in [0.5, 0.6) is 0 Å². The summed E-state index contributed by atoms with van der Waals surface area (Å²) in [4.78, 5) is 0. The van der Waals surface area contributed by atoms with Gasteiger partial charge in [-0.15, -0.1) is 0 Å². The summed E-state index contributed by atoms with van der Waals surface area (Å²) >= 11 is 0. The molecule has 0 aliphatic rings. The largest absolute Gasteiger partial charge is 0.394 e. The van der Waals surface area contributed by atoms with Crippen LogP contribution < -0.4 is 0 Å². The summed E-state index contributed by atoms with van der Waals surface area (Å²) in [5.74, 6) is 0.714. The number of hydrogen-bond donors (Lipinski definition) is 1. The van der Waals surface area contributed by atoms with Gasteiger partial charge in [0, 0.05) is 6.61 Å². The first kappa shape index (κ1) is 22.8. The quantitative estimate of drug-likeness (QED) is 0.360. The average Bonchev–Trinajstić information content (AvgIpc) is 2.56. The van der Waals surface area contributed by atoms with Gasteiger partial charge in [0.1, 0.15) is 0 Å². The van der Waals surface area contributed by atoms with E-state index in [0.29, 0.717) is 39.0 Å². The smallest absolute Gasteiger partial charge is 0.0701 e. The molecule has 0 aromatic heterocycles. The summed E-state index contributed by atoms with van der Waals surface area (Å²) in [7, 11) is 0. The fraction of sp³-hybridized carbons (Fsp3) is 1.00. The molecule has 0 aromatic carbocycles. The molecule has 0 aliphatic heterocycles. The Kier molecular flexibility index (Phi) is 19.7. The summed E-state index contributed by atoms with van der Waals surface area (Å²) < 4.78 is 16.4. The molecule has 0 spiro atoms. The van der Waals surface area contributed by atoms with Gasteiger partial charge in [-0.25, -0.2) is 0 Å². The van der Waals surface area contributed by atoms with Crippen LogP contribution in [0.2, 0.25) is 0 Å². The fourth-order valence-corrected chi connectivity index (χ4v) is 2.61. The van der Waals surface area contributed by atoms with Gasteiger partial charge in [0.15, 0.2) is 0 Å². The van der Waals surface area contributed by atoms with Crippen molar-refractivity contribution in [3.05, 3.63) is 0 Å². The van der Waals surface area contributed by atoms with Gasteiger partial charge in [0.2, 0.25) is 0 Å². The van der Waals surface area contributed by atoms with Crippen LogP contribution in [0.25, 0.3) is 0 Å². The van der Waals surface area contributed by atoms with Crippen molar-refractivity contribution < 1.29 is 19.3 Å². The van der Waals surface area contributed by atoms with E-state index < -0.39 is 0 Å². The van der Waals surface area contributed by atoms with Crippen LogP contribution >= 0.6 is 0 Å². The minimum atomic E-state index is 0.0702. The van der Waals surface area contributed by atoms with Gasteiger partial charge in [-0.3, -0.25) is 0 Å². The van der Waals surface area contributed by atoms with Crippen LogP contribution in [-0.4, -0.2) is 51.4 Å². The standard InChI is InChI=1S/C19H40O4/c1-3-5-7-9-11-19(10-8-6-4-2)18-23-17-16-22-15-14-21-13-12-20/h19-20H,3-18H2,1-2H3. The topological polar surface area (TPSA) is 47.9 Å². The molecule has 23 heavy (non-hydrogen) atoms. The number of aliphatic hydroxyl groups excluding tert-OH is 1. The Labute approximate surface area is 143 Å². The molecule has 0 radical (unpaired) electrons. The normalized spacial score (nSPS) is 12.7. The lowest BCUT2D eigenvalue weighted by molar-refractivity contribution is 0.000484. The Balaban J connectivity index is 3.56. The maximum atomic E-state index is 8.57. The van der Waals surface area contributed by atoms with Gasteiger partial charge in [0.05, 0.1) is 39.6 Å². The molecule has 1 atom stereocenters. The third-order valence-electron chi connectivity index (χ3n) is 4.02. The third-order valence-corrected chi connectivity index (χ3v) is 4.02. The molecule has 0 bridgehead atoms. The number of hydrogen-bond acceptors (Lipinski definition) is 4. The summed E-state index contributed by atoms with van der Waals surface area (Å²) in [6, 6.07) is 0. The van der Waals surface area contributed by atoms with E-state index in [1.165, 1.54) is 57.8 Å². The lowest BCUT2D eigenvalue weighted by Crippen LogP contribution is -2.15. The highest BCUT2D eigenvalue weighted by atomic mass is 16.5. The lowest BCUT2D eigenvalue weighted by Gasteiger charge is -2.17. The Bertz CT molecular complexity index is 212. The van der Waals surface area contributed by atoms with Crippen LogP contribution in [-0.2, 0) is 14.2 Å². The van der Waals surface area contributed by atoms with Gasteiger partial charge in [-0.05, 0) is 18.8 Å². The maximum Gasteiger partial charge on any atom is 0.0701 e. The van der Waals surface area contributed by atoms with Crippen molar-refractivity contribution in [2.24, 2.45) is 5.92 Å². The van der Waals surface area contributed by atoms with E-state index in [9.17, 15) is 0 Å². The van der Waals surface area contributed by atoms with Crippen LogP contribution in [0.1, 0.15) is 71.6 Å². The van der Waals surface area contributed by atoms with E-state index in [1.54, 1.807) is 0 Å². The second-order valence-electron chi connectivity index (χ2n) is 6.23. The molecule has 140 valence electrons. The minimum Gasteiger partial charge on any atom is -0.394 e. The Morgan fingerprint density at radius 2 is 1.17 bits per heavy atom. The van der Waals surface area contributed by atoms with Gasteiger partial charge < -0.3 is 19.3 Å². The highest BCUT2D eigenvalue weighted by molar-refractivity contribution is 4.60. The van der Waals surface area contributed by atoms with E-state index in [-0.39, 0.29) is 6.61 Å². The third kappa shape index (κ3) is 18.0. The second-order valence-corrected chi connectivity index (χ2v) is 6.23. The van der Waals surface area contributed by atoms with E-state index >= 15 is 0 Å². The Morgan fingerprint density at radius 1 is 0.652 bits per heavy atom. The molecule has 4 heteroatoms. The first-order valence-corrected chi connectivity index (χ1v) is 9.69. The molecule has 0 aromatic rings. The van der Waals surface area contributed by atoms with Gasteiger partial charge >= 0.3 is 0 Å². The highest BCUT2D eigenvalue weighted by Crippen LogP contribution is 2.18. The van der Waals surface area contributed by atoms with Crippen molar-refractivity contribution in [3.63, 3.8) is 0 Å². The van der Waals surface area contributed by atoms with Gasteiger partial charge in [-0.2, -0.15) is 0 Å². The van der Waals surface area contributed by atoms with E-state index in [0.717, 1.165) is 6.61 Å². The molecule has 0 fully saturated rings. The molecule has 1 N–H and O–H groups in total. The molecule has 0 rings (SSSR count). The van der Waals surface area contributed by atoms with Crippen molar-refractivity contribution in [3.8, 4) is 0 Å². The van der Waals surface area contributed by atoms with Crippen molar-refractivity contribution in [1.29, 1.82) is 0 Å². The maximum absolute atomic E-state index is 8.57. The predicted octanol–water partition coefficient (Wildman–Crippen LogP) is 4.20. The summed E-state index contributed by atoms with van der Waals surface area (Å²) in [5, 5.41) is 8.57. The van der Waals surface area contributed by atoms with Crippen LogP contribution in [0, 0.1) is 5.92 Å². The molecule has 0 amide bonds. The summed E-state index contributed by atoms with van der Waals surface area (Å²) in [5.41, 5.74) is 0. The molecule has 1 unspecified atom stereocenters. The average molecular weight is 333 g/mol. The van der Waals surface area contributed by atoms with Gasteiger partial charge in [0.25, 0.3) is 0 Å². The van der Waals surface area contributed by atoms with Crippen LogP contribution in [0.4, 0.5) is 0 Å². The second kappa shape index (κ2) is 19.9. The summed E-state index contributed by atoms with van der Waals surface area (Å²) in [6.45, 7) is 8.25. The van der Waals surface area contributed by atoms with Crippen molar-refractivity contribution in [1.82, 2.24) is 0 Å². The fourth-order valence-electron chi connectivity index (χ4n) is 2.61. The van der Waals surface area contributed by atoms with E-state index in [1.807, 2.05) is 0 Å². The van der Waals surface area contributed by atoms with Crippen LogP contribution in [0.15, 0.2) is 0 Å². The Hall–Kier alpha value is -0.160. The van der Waals surface area contributed by atoms with Crippen molar-refractivity contribution >= 4 is 0 Å². The minimum absolute atomic E-state index is 0.0702. The highest BCUT2D eigenvalue weighted by Gasteiger charge is 2.08. The molecule has 0 saturated heterocycles.